The quantitative estimate of drug-likeness (QED) is 0.426. The first-order valence-corrected chi connectivity index (χ1v) is 8.88. The normalized spacial score (nSPS) is 11.4. The molecule has 0 bridgehead atoms. The molecule has 152 valence electrons. The van der Waals surface area contributed by atoms with Gasteiger partial charge in [-0.25, -0.2) is 9.66 Å². The number of para-hydroxylation sites is 2. The van der Waals surface area contributed by atoms with Crippen LogP contribution in [-0.4, -0.2) is 19.0 Å². The third kappa shape index (κ3) is 3.64. The molecule has 0 radical (unpaired) electrons. The third-order valence-electron chi connectivity index (χ3n) is 4.52. The Bertz CT molecular complexity index is 1380. The number of aromatic nitrogens is 4. The number of fused-ring (bicyclic) bond motifs is 2. The maximum absolute atomic E-state index is 12.5. The largest absolute Gasteiger partial charge is 0.433 e. The highest BCUT2D eigenvalue weighted by molar-refractivity contribution is 5.80. The predicted octanol–water partition coefficient (Wildman–Crippen LogP) is 3.88. The zero-order valence-corrected chi connectivity index (χ0v) is 15.5. The highest BCUT2D eigenvalue weighted by Crippen LogP contribution is 2.26. The fourth-order valence-electron chi connectivity index (χ4n) is 3.07. The van der Waals surface area contributed by atoms with E-state index in [1.54, 1.807) is 29.1 Å². The van der Waals surface area contributed by atoms with Gasteiger partial charge in [-0.3, -0.25) is 14.1 Å². The third-order valence-corrected chi connectivity index (χ3v) is 4.52. The Labute approximate surface area is 168 Å². The van der Waals surface area contributed by atoms with Crippen molar-refractivity contribution < 1.29 is 13.2 Å². The van der Waals surface area contributed by atoms with E-state index in [9.17, 15) is 18.0 Å². The first-order chi connectivity index (χ1) is 14.3. The van der Waals surface area contributed by atoms with E-state index in [1.807, 2.05) is 48.7 Å². The molecule has 5 rings (SSSR count). The van der Waals surface area contributed by atoms with Crippen molar-refractivity contribution in [2.75, 3.05) is 5.84 Å². The van der Waals surface area contributed by atoms with Gasteiger partial charge in [-0.1, -0.05) is 36.4 Å². The molecule has 2 N–H and O–H groups in total. The Kier molecular flexibility index (Phi) is 4.78. The van der Waals surface area contributed by atoms with Gasteiger partial charge in [0.25, 0.3) is 5.56 Å². The van der Waals surface area contributed by atoms with Gasteiger partial charge in [0.15, 0.2) is 5.69 Å². The average molecular weight is 411 g/mol. The van der Waals surface area contributed by atoms with Crippen LogP contribution in [0.4, 0.5) is 13.2 Å². The molecule has 0 spiro atoms. The molecule has 0 atom stereocenters. The summed E-state index contributed by atoms with van der Waals surface area (Å²) in [7, 11) is 0. The average Bonchev–Trinajstić information content (AvgIpc) is 3.32. The summed E-state index contributed by atoms with van der Waals surface area (Å²) in [5.41, 5.74) is -0.220. The van der Waals surface area contributed by atoms with Crippen molar-refractivity contribution >= 4 is 21.8 Å². The minimum Gasteiger partial charge on any atom is -0.339 e. The van der Waals surface area contributed by atoms with Crippen LogP contribution in [0.25, 0.3) is 21.8 Å². The molecule has 5 aromatic rings. The van der Waals surface area contributed by atoms with Crippen molar-refractivity contribution in [3.8, 4) is 0 Å². The first kappa shape index (κ1) is 19.3. The van der Waals surface area contributed by atoms with Gasteiger partial charge in [0.1, 0.15) is 6.33 Å². The van der Waals surface area contributed by atoms with Crippen molar-refractivity contribution in [2.45, 2.75) is 6.18 Å². The fraction of sp³-hybridized carbons (Fsp3) is 0.0476. The lowest BCUT2D eigenvalue weighted by molar-refractivity contribution is -0.141. The Hall–Kier alpha value is -4.01. The second-order valence-electron chi connectivity index (χ2n) is 6.46. The van der Waals surface area contributed by atoms with Crippen LogP contribution in [0.5, 0.6) is 0 Å². The van der Waals surface area contributed by atoms with Crippen LogP contribution >= 0.6 is 0 Å². The van der Waals surface area contributed by atoms with Crippen LogP contribution in [-0.2, 0) is 6.18 Å². The summed E-state index contributed by atoms with van der Waals surface area (Å²) in [4.78, 5) is 15.1. The molecule has 0 fully saturated rings. The fourth-order valence-corrected chi connectivity index (χ4v) is 3.07. The van der Waals surface area contributed by atoms with Gasteiger partial charge in [0.05, 0.1) is 11.0 Å². The molecule has 9 heteroatoms. The first-order valence-electron chi connectivity index (χ1n) is 8.88. The lowest BCUT2D eigenvalue weighted by Crippen LogP contribution is -2.27. The van der Waals surface area contributed by atoms with Crippen LogP contribution in [0.15, 0.2) is 90.2 Å². The highest BCUT2D eigenvalue weighted by atomic mass is 19.4. The van der Waals surface area contributed by atoms with E-state index >= 15 is 0 Å². The molecule has 0 aliphatic rings. The smallest absolute Gasteiger partial charge is 0.339 e. The number of nitrogens with two attached hydrogens (primary N) is 1. The van der Waals surface area contributed by atoms with Gasteiger partial charge in [0, 0.05) is 29.2 Å². The minimum absolute atomic E-state index is 0.481. The summed E-state index contributed by atoms with van der Waals surface area (Å²) in [6.07, 6.45) is -0.305. The number of alkyl halides is 3. The lowest BCUT2D eigenvalue weighted by Gasteiger charge is -2.10. The molecule has 3 heterocycles. The van der Waals surface area contributed by atoms with Crippen molar-refractivity contribution in [3.05, 3.63) is 101 Å². The number of rotatable bonds is 1. The molecule has 30 heavy (non-hydrogen) atoms. The maximum atomic E-state index is 12.5. The number of hydrogen-bond donors (Lipinski definition) is 1. The highest BCUT2D eigenvalue weighted by Gasteiger charge is 2.33. The van der Waals surface area contributed by atoms with E-state index in [-0.39, 0.29) is 0 Å². The van der Waals surface area contributed by atoms with Gasteiger partial charge < -0.3 is 5.84 Å². The Balaban J connectivity index is 0.000000181. The van der Waals surface area contributed by atoms with E-state index < -0.39 is 17.4 Å². The van der Waals surface area contributed by atoms with E-state index in [2.05, 4.69) is 4.98 Å². The summed E-state index contributed by atoms with van der Waals surface area (Å²) in [5, 5.41) is 2.06. The molecule has 3 aromatic heterocycles. The molecule has 0 saturated carbocycles. The van der Waals surface area contributed by atoms with Crippen LogP contribution in [0, 0.1) is 0 Å². The van der Waals surface area contributed by atoms with Gasteiger partial charge >= 0.3 is 6.18 Å². The van der Waals surface area contributed by atoms with Crippen LogP contribution in [0.3, 0.4) is 0 Å². The Morgan fingerprint density at radius 3 is 2.03 bits per heavy atom. The molecule has 6 nitrogen and oxygen atoms in total. The molecular weight excluding hydrogens is 395 g/mol. The SMILES string of the molecule is Nn1ccc2ccccc21.O=c1cc(C(F)(F)F)ncn1-n1ccc2ccccc21. The molecule has 0 aliphatic heterocycles. The summed E-state index contributed by atoms with van der Waals surface area (Å²) < 4.78 is 41.5. The maximum Gasteiger partial charge on any atom is 0.433 e. The lowest BCUT2D eigenvalue weighted by atomic mass is 10.3. The number of nitrogen functional groups attached to an aromatic ring is 1. The topological polar surface area (TPSA) is 70.8 Å². The Morgan fingerprint density at radius 1 is 0.800 bits per heavy atom. The van der Waals surface area contributed by atoms with Gasteiger partial charge in [-0.05, 0) is 24.3 Å². The van der Waals surface area contributed by atoms with Gasteiger partial charge in [-0.15, -0.1) is 0 Å². The molecular formula is C21H16F3N5O. The van der Waals surface area contributed by atoms with Crippen molar-refractivity contribution in [1.29, 1.82) is 0 Å². The zero-order valence-electron chi connectivity index (χ0n) is 15.5. The molecule has 0 amide bonds. The standard InChI is InChI=1S/C13H8F3N3O.C8H8N2/c14-13(15,16)11-7-12(20)19(8-17-11)18-6-5-9-3-1-2-4-10(9)18;9-10-6-5-7-3-1-2-4-8(7)10/h1-8H;1-6H,9H2. The zero-order chi connectivity index (χ0) is 21.3. The van der Waals surface area contributed by atoms with Crippen molar-refractivity contribution in [3.63, 3.8) is 0 Å². The summed E-state index contributed by atoms with van der Waals surface area (Å²) in [6, 6.07) is 19.5. The monoisotopic (exact) mass is 411 g/mol. The minimum atomic E-state index is -4.63. The van der Waals surface area contributed by atoms with Gasteiger partial charge in [-0.2, -0.15) is 13.2 Å². The summed E-state index contributed by atoms with van der Waals surface area (Å²) >= 11 is 0. The molecule has 0 saturated heterocycles. The number of nitrogens with zero attached hydrogens (tertiary/aromatic N) is 4. The predicted molar refractivity (Wildman–Crippen MR) is 108 cm³/mol. The van der Waals surface area contributed by atoms with Crippen molar-refractivity contribution in [2.24, 2.45) is 0 Å². The molecule has 0 aliphatic carbocycles. The number of hydrogen-bond acceptors (Lipinski definition) is 3. The second-order valence-corrected chi connectivity index (χ2v) is 6.46. The van der Waals surface area contributed by atoms with E-state index in [1.165, 1.54) is 10.1 Å². The Morgan fingerprint density at radius 2 is 1.40 bits per heavy atom. The van der Waals surface area contributed by atoms with E-state index in [4.69, 9.17) is 5.84 Å². The van der Waals surface area contributed by atoms with Gasteiger partial charge in [0.2, 0.25) is 0 Å². The summed E-state index contributed by atoms with van der Waals surface area (Å²) in [6.45, 7) is 0. The molecule has 2 aromatic carbocycles. The van der Waals surface area contributed by atoms with E-state index in [0.717, 1.165) is 21.9 Å². The van der Waals surface area contributed by atoms with Crippen molar-refractivity contribution in [1.82, 2.24) is 19.0 Å². The van der Waals surface area contributed by atoms with E-state index in [0.29, 0.717) is 11.6 Å². The van der Waals surface area contributed by atoms with Crippen LogP contribution < -0.4 is 11.4 Å². The number of halogens is 3. The molecule has 0 unspecified atom stereocenters. The number of benzene rings is 2. The van der Waals surface area contributed by atoms with Crippen LogP contribution in [0.2, 0.25) is 0 Å². The van der Waals surface area contributed by atoms with Crippen LogP contribution in [0.1, 0.15) is 5.69 Å². The second kappa shape index (κ2) is 7.43. The summed E-state index contributed by atoms with van der Waals surface area (Å²) in [5.74, 6) is 5.59.